The number of hydroxylamine groups is 2. The summed E-state index contributed by atoms with van der Waals surface area (Å²) in [6.07, 6.45) is 0.779. The molecule has 2 N–H and O–H groups in total. The van der Waals surface area contributed by atoms with Gasteiger partial charge in [-0.2, -0.15) is 0 Å². The van der Waals surface area contributed by atoms with Gasteiger partial charge >= 0.3 is 6.16 Å². The summed E-state index contributed by atoms with van der Waals surface area (Å²) < 4.78 is 0. The SMILES string of the molecule is CC(C)(C)C12CCC(CNC1)N2OC(=O)O. The summed E-state index contributed by atoms with van der Waals surface area (Å²) in [5, 5.41) is 13.9. The molecule has 2 bridgehead atoms. The standard InChI is InChI=1S/C11H20N2O3/c1-10(2,3)11-5-4-8(6-12-7-11)13(11)16-9(14)15/h8,12H,4-7H2,1-3H3,(H,14,15). The summed E-state index contributed by atoms with van der Waals surface area (Å²) in [5.74, 6) is 0. The second kappa shape index (κ2) is 3.60. The van der Waals surface area contributed by atoms with Crippen molar-refractivity contribution in [1.82, 2.24) is 10.4 Å². The highest BCUT2D eigenvalue weighted by Crippen LogP contribution is 2.47. The van der Waals surface area contributed by atoms with Crippen LogP contribution in [0.1, 0.15) is 33.6 Å². The van der Waals surface area contributed by atoms with Crippen molar-refractivity contribution in [3.8, 4) is 0 Å². The summed E-state index contributed by atoms with van der Waals surface area (Å²) in [5.41, 5.74) is -0.209. The molecule has 5 heteroatoms. The number of carbonyl (C=O) groups is 1. The second-order valence-electron chi connectivity index (χ2n) is 5.79. The highest BCUT2D eigenvalue weighted by atomic mass is 16.8. The smallest absolute Gasteiger partial charge is 0.448 e. The summed E-state index contributed by atoms with van der Waals surface area (Å²) >= 11 is 0. The Bertz CT molecular complexity index is 296. The monoisotopic (exact) mass is 228 g/mol. The van der Waals surface area contributed by atoms with Gasteiger partial charge in [0.2, 0.25) is 0 Å². The first-order chi connectivity index (χ1) is 7.37. The summed E-state index contributed by atoms with van der Waals surface area (Å²) in [6, 6.07) is 0.184. The van der Waals surface area contributed by atoms with E-state index in [4.69, 9.17) is 9.94 Å². The third-order valence-electron chi connectivity index (χ3n) is 4.01. The van der Waals surface area contributed by atoms with Crippen LogP contribution in [0.2, 0.25) is 0 Å². The maximum atomic E-state index is 10.8. The first-order valence-electron chi connectivity index (χ1n) is 5.78. The molecule has 16 heavy (non-hydrogen) atoms. The molecular formula is C11H20N2O3. The predicted molar refractivity (Wildman–Crippen MR) is 59.0 cm³/mol. The van der Waals surface area contributed by atoms with Gasteiger partial charge in [0.05, 0.1) is 11.6 Å². The van der Waals surface area contributed by atoms with Crippen LogP contribution in [0.4, 0.5) is 4.79 Å². The lowest BCUT2D eigenvalue weighted by molar-refractivity contribution is -0.224. The number of hydrogen-bond acceptors (Lipinski definition) is 4. The zero-order valence-corrected chi connectivity index (χ0v) is 10.1. The van der Waals surface area contributed by atoms with Gasteiger partial charge in [-0.3, -0.25) is 0 Å². The lowest BCUT2D eigenvalue weighted by Crippen LogP contribution is -2.65. The maximum Gasteiger partial charge on any atom is 0.525 e. The van der Waals surface area contributed by atoms with Crippen LogP contribution in [0, 0.1) is 5.41 Å². The Hall–Kier alpha value is -0.810. The number of rotatable bonds is 1. The van der Waals surface area contributed by atoms with Gasteiger partial charge in [-0.15, -0.1) is 5.06 Å². The first kappa shape index (κ1) is 11.7. The van der Waals surface area contributed by atoms with E-state index in [1.54, 1.807) is 5.06 Å². The van der Waals surface area contributed by atoms with Crippen molar-refractivity contribution in [2.24, 2.45) is 5.41 Å². The lowest BCUT2D eigenvalue weighted by Gasteiger charge is -2.50. The molecule has 0 amide bonds. The van der Waals surface area contributed by atoms with Crippen LogP contribution in [0.25, 0.3) is 0 Å². The lowest BCUT2D eigenvalue weighted by atomic mass is 9.72. The van der Waals surface area contributed by atoms with Crippen LogP contribution in [-0.2, 0) is 4.84 Å². The van der Waals surface area contributed by atoms with Gasteiger partial charge in [-0.1, -0.05) is 20.8 Å². The fourth-order valence-electron chi connectivity index (χ4n) is 3.00. The molecule has 92 valence electrons. The fourth-order valence-corrected chi connectivity index (χ4v) is 3.00. The highest BCUT2D eigenvalue weighted by Gasteiger charge is 2.57. The number of carboxylic acid groups (broad SMARTS) is 1. The number of piperazine rings is 1. The number of hydrogen-bond donors (Lipinski definition) is 2. The topological polar surface area (TPSA) is 61.8 Å². The van der Waals surface area contributed by atoms with E-state index in [-0.39, 0.29) is 17.0 Å². The van der Waals surface area contributed by atoms with E-state index in [1.807, 2.05) is 0 Å². The van der Waals surface area contributed by atoms with Gasteiger partial charge < -0.3 is 15.3 Å². The van der Waals surface area contributed by atoms with Crippen molar-refractivity contribution in [3.63, 3.8) is 0 Å². The summed E-state index contributed by atoms with van der Waals surface area (Å²) in [7, 11) is 0. The van der Waals surface area contributed by atoms with Crippen molar-refractivity contribution in [2.45, 2.75) is 45.2 Å². The minimum Gasteiger partial charge on any atom is -0.448 e. The molecule has 0 saturated carbocycles. The van der Waals surface area contributed by atoms with Crippen LogP contribution >= 0.6 is 0 Å². The molecule has 0 aromatic heterocycles. The third-order valence-corrected chi connectivity index (χ3v) is 4.01. The molecule has 5 nitrogen and oxygen atoms in total. The second-order valence-corrected chi connectivity index (χ2v) is 5.79. The van der Waals surface area contributed by atoms with Crippen LogP contribution in [0.15, 0.2) is 0 Å². The van der Waals surface area contributed by atoms with Crippen molar-refractivity contribution in [2.75, 3.05) is 13.1 Å². The normalized spacial score (nSPS) is 35.1. The summed E-state index contributed by atoms with van der Waals surface area (Å²) in [4.78, 5) is 15.8. The Morgan fingerprint density at radius 1 is 1.56 bits per heavy atom. The van der Waals surface area contributed by atoms with E-state index < -0.39 is 6.16 Å². The average molecular weight is 228 g/mol. The van der Waals surface area contributed by atoms with Crippen LogP contribution < -0.4 is 5.32 Å². The van der Waals surface area contributed by atoms with E-state index in [1.165, 1.54) is 0 Å². The Kier molecular flexibility index (Phi) is 2.62. The van der Waals surface area contributed by atoms with Gasteiger partial charge in [0.25, 0.3) is 0 Å². The van der Waals surface area contributed by atoms with E-state index in [9.17, 15) is 4.79 Å². The fraction of sp³-hybridized carbons (Fsp3) is 0.909. The van der Waals surface area contributed by atoms with Gasteiger partial charge in [-0.05, 0) is 18.3 Å². The molecular weight excluding hydrogens is 208 g/mol. The molecule has 2 aliphatic rings. The van der Waals surface area contributed by atoms with E-state index >= 15 is 0 Å². The van der Waals surface area contributed by atoms with E-state index in [2.05, 4.69) is 26.1 Å². The molecule has 0 aromatic carbocycles. The largest absolute Gasteiger partial charge is 0.525 e. The molecule has 2 aliphatic heterocycles. The van der Waals surface area contributed by atoms with E-state index in [0.29, 0.717) is 0 Å². The Morgan fingerprint density at radius 3 is 2.81 bits per heavy atom. The quantitative estimate of drug-likeness (QED) is 0.711. The molecule has 0 spiro atoms. The number of nitrogens with zero attached hydrogens (tertiary/aromatic N) is 1. The molecule has 0 aliphatic carbocycles. The maximum absolute atomic E-state index is 10.8. The van der Waals surface area contributed by atoms with Crippen molar-refractivity contribution >= 4 is 6.16 Å². The number of fused-ring (bicyclic) bond motifs is 2. The zero-order chi connectivity index (χ0) is 12.0. The van der Waals surface area contributed by atoms with Gasteiger partial charge in [-0.25, -0.2) is 4.79 Å². The van der Waals surface area contributed by atoms with Gasteiger partial charge in [0, 0.05) is 13.1 Å². The van der Waals surface area contributed by atoms with Crippen LogP contribution in [-0.4, -0.2) is 41.0 Å². The molecule has 2 saturated heterocycles. The Balaban J connectivity index is 2.29. The molecule has 2 rings (SSSR count). The first-order valence-corrected chi connectivity index (χ1v) is 5.78. The van der Waals surface area contributed by atoms with Crippen LogP contribution in [0.3, 0.4) is 0 Å². The van der Waals surface area contributed by atoms with Crippen LogP contribution in [0.5, 0.6) is 0 Å². The van der Waals surface area contributed by atoms with Crippen molar-refractivity contribution < 1.29 is 14.7 Å². The van der Waals surface area contributed by atoms with E-state index in [0.717, 1.165) is 25.9 Å². The average Bonchev–Trinajstić information content (AvgIpc) is 2.38. The third kappa shape index (κ3) is 1.58. The zero-order valence-electron chi connectivity index (χ0n) is 10.1. The Labute approximate surface area is 95.7 Å². The minimum atomic E-state index is -1.21. The minimum absolute atomic E-state index is 0.00931. The van der Waals surface area contributed by atoms with Gasteiger partial charge in [0.15, 0.2) is 0 Å². The molecule has 2 fully saturated rings. The molecule has 0 radical (unpaired) electrons. The van der Waals surface area contributed by atoms with Crippen molar-refractivity contribution in [3.05, 3.63) is 0 Å². The molecule has 0 aromatic rings. The Morgan fingerprint density at radius 2 is 2.25 bits per heavy atom. The molecule has 2 unspecified atom stereocenters. The predicted octanol–water partition coefficient (Wildman–Crippen LogP) is 1.45. The highest BCUT2D eigenvalue weighted by molar-refractivity contribution is 5.56. The summed E-state index contributed by atoms with van der Waals surface area (Å²) in [6.45, 7) is 8.02. The number of nitrogens with one attached hydrogen (secondary N) is 1. The molecule has 2 atom stereocenters. The van der Waals surface area contributed by atoms with Gasteiger partial charge in [0.1, 0.15) is 0 Å². The van der Waals surface area contributed by atoms with Crippen molar-refractivity contribution in [1.29, 1.82) is 0 Å². The molecule has 2 heterocycles.